The molecule has 12 heavy (non-hydrogen) atoms. The van der Waals surface area contributed by atoms with Gasteiger partial charge in [-0.05, 0) is 31.4 Å². The van der Waals surface area contributed by atoms with E-state index in [-0.39, 0.29) is 6.10 Å². The fourth-order valence-corrected chi connectivity index (χ4v) is 1.27. The van der Waals surface area contributed by atoms with Crippen LogP contribution in [0.2, 0.25) is 0 Å². The fraction of sp³-hybridized carbons (Fsp3) is 0.600. The zero-order valence-corrected chi connectivity index (χ0v) is 7.62. The van der Waals surface area contributed by atoms with Gasteiger partial charge in [0, 0.05) is 6.54 Å². The van der Waals surface area contributed by atoms with Gasteiger partial charge in [0.15, 0.2) is 0 Å². The van der Waals surface area contributed by atoms with Crippen molar-refractivity contribution < 1.29 is 4.74 Å². The largest absolute Gasteiger partial charge is 0.494 e. The average Bonchev–Trinajstić information content (AvgIpc) is 2.16. The minimum absolute atomic E-state index is 0.258. The van der Waals surface area contributed by atoms with Crippen LogP contribution in [0.4, 0.5) is 0 Å². The Balaban J connectivity index is 2.46. The second-order valence-electron chi connectivity index (χ2n) is 3.01. The number of rotatable bonds is 3. The molecule has 0 aromatic rings. The van der Waals surface area contributed by atoms with Crippen molar-refractivity contribution >= 4 is 0 Å². The third-order valence-electron chi connectivity index (χ3n) is 2.11. The average molecular weight is 167 g/mol. The van der Waals surface area contributed by atoms with Crippen LogP contribution in [0.1, 0.15) is 26.2 Å². The zero-order valence-electron chi connectivity index (χ0n) is 7.62. The van der Waals surface area contributed by atoms with Crippen LogP contribution in [0, 0.1) is 0 Å². The molecule has 0 saturated carbocycles. The monoisotopic (exact) mass is 167 g/mol. The molecule has 0 radical (unpaired) electrons. The lowest BCUT2D eigenvalue weighted by Crippen LogP contribution is -2.12. The lowest BCUT2D eigenvalue weighted by atomic mass is 10.1. The first-order valence-electron chi connectivity index (χ1n) is 4.57. The summed E-state index contributed by atoms with van der Waals surface area (Å²) in [6.45, 7) is 2.78. The van der Waals surface area contributed by atoms with E-state index >= 15 is 0 Å². The first-order valence-corrected chi connectivity index (χ1v) is 4.57. The number of allylic oxidation sites excluding steroid dienone is 1. The molecule has 1 heterocycles. The molecule has 0 amide bonds. The zero-order chi connectivity index (χ0) is 8.81. The van der Waals surface area contributed by atoms with Crippen LogP contribution in [0.15, 0.2) is 24.0 Å². The number of nitrogens with two attached hydrogens (primary N) is 1. The van der Waals surface area contributed by atoms with Gasteiger partial charge in [-0.15, -0.1) is 0 Å². The molecule has 0 bridgehead atoms. The van der Waals surface area contributed by atoms with Gasteiger partial charge in [0.25, 0.3) is 0 Å². The second-order valence-corrected chi connectivity index (χ2v) is 3.01. The normalized spacial score (nSPS) is 23.8. The number of hydrogen-bond acceptors (Lipinski definition) is 2. The highest BCUT2D eigenvalue weighted by Crippen LogP contribution is 2.13. The fourth-order valence-electron chi connectivity index (χ4n) is 1.27. The number of ether oxygens (including phenoxy) is 1. The molecule has 2 N–H and O–H groups in total. The lowest BCUT2D eigenvalue weighted by Gasteiger charge is -2.16. The van der Waals surface area contributed by atoms with Crippen LogP contribution >= 0.6 is 0 Å². The summed E-state index contributed by atoms with van der Waals surface area (Å²) in [6, 6.07) is 0. The van der Waals surface area contributed by atoms with Crippen molar-refractivity contribution in [2.24, 2.45) is 5.73 Å². The van der Waals surface area contributed by atoms with Crippen molar-refractivity contribution in [3.63, 3.8) is 0 Å². The Morgan fingerprint density at radius 2 is 2.58 bits per heavy atom. The molecule has 0 saturated heterocycles. The highest BCUT2D eigenvalue weighted by atomic mass is 16.5. The molecule has 0 fully saturated rings. The predicted molar refractivity (Wildman–Crippen MR) is 50.7 cm³/mol. The minimum atomic E-state index is 0.258. The van der Waals surface area contributed by atoms with Crippen molar-refractivity contribution in [1.29, 1.82) is 0 Å². The minimum Gasteiger partial charge on any atom is -0.494 e. The quantitative estimate of drug-likeness (QED) is 0.652. The van der Waals surface area contributed by atoms with Crippen molar-refractivity contribution in [2.75, 3.05) is 6.54 Å². The standard InChI is InChI=1S/C10H17NO/c1-2-9(8-11)7-10-5-3-4-6-12-10/h4,6-7,10H,2-3,5,8,11H2,1H3/b9-7+. The van der Waals surface area contributed by atoms with Gasteiger partial charge in [-0.3, -0.25) is 0 Å². The molecule has 1 unspecified atom stereocenters. The highest BCUT2D eigenvalue weighted by molar-refractivity contribution is 5.07. The van der Waals surface area contributed by atoms with Gasteiger partial charge in [0.1, 0.15) is 6.10 Å². The molecule has 0 spiro atoms. The molecule has 1 atom stereocenters. The van der Waals surface area contributed by atoms with Crippen LogP contribution in [-0.4, -0.2) is 12.6 Å². The van der Waals surface area contributed by atoms with Crippen LogP contribution < -0.4 is 5.73 Å². The van der Waals surface area contributed by atoms with Gasteiger partial charge in [-0.1, -0.05) is 12.5 Å². The Kier molecular flexibility index (Phi) is 3.88. The van der Waals surface area contributed by atoms with E-state index < -0.39 is 0 Å². The first-order chi connectivity index (χ1) is 5.86. The molecule has 0 aliphatic carbocycles. The van der Waals surface area contributed by atoms with Gasteiger partial charge >= 0.3 is 0 Å². The molecule has 1 aliphatic rings. The topological polar surface area (TPSA) is 35.2 Å². The summed E-state index contributed by atoms with van der Waals surface area (Å²) in [7, 11) is 0. The Labute approximate surface area is 74.1 Å². The highest BCUT2D eigenvalue weighted by Gasteiger charge is 2.07. The smallest absolute Gasteiger partial charge is 0.117 e. The maximum atomic E-state index is 5.56. The third kappa shape index (κ3) is 2.70. The summed E-state index contributed by atoms with van der Waals surface area (Å²) >= 11 is 0. The third-order valence-corrected chi connectivity index (χ3v) is 2.11. The van der Waals surface area contributed by atoms with Crippen LogP contribution in [-0.2, 0) is 4.74 Å². The molecular formula is C10H17NO. The van der Waals surface area contributed by atoms with E-state index in [4.69, 9.17) is 10.5 Å². The molecule has 2 heteroatoms. The summed E-state index contributed by atoms with van der Waals surface area (Å²) in [5.41, 5.74) is 6.85. The summed E-state index contributed by atoms with van der Waals surface area (Å²) in [5.74, 6) is 0. The summed E-state index contributed by atoms with van der Waals surface area (Å²) in [5, 5.41) is 0. The molecule has 0 aromatic heterocycles. The van der Waals surface area contributed by atoms with Crippen molar-refractivity contribution in [1.82, 2.24) is 0 Å². The molecule has 2 nitrogen and oxygen atoms in total. The van der Waals surface area contributed by atoms with Gasteiger partial charge in [-0.25, -0.2) is 0 Å². The van der Waals surface area contributed by atoms with E-state index in [1.165, 1.54) is 5.57 Å². The van der Waals surface area contributed by atoms with Gasteiger partial charge in [-0.2, -0.15) is 0 Å². The van der Waals surface area contributed by atoms with Gasteiger partial charge in [0.05, 0.1) is 6.26 Å². The second kappa shape index (κ2) is 4.99. The molecule has 1 aliphatic heterocycles. The van der Waals surface area contributed by atoms with E-state index in [0.717, 1.165) is 19.3 Å². The molecule has 68 valence electrons. The summed E-state index contributed by atoms with van der Waals surface area (Å²) in [4.78, 5) is 0. The van der Waals surface area contributed by atoms with E-state index in [2.05, 4.69) is 19.1 Å². The van der Waals surface area contributed by atoms with Crippen LogP contribution in [0.3, 0.4) is 0 Å². The van der Waals surface area contributed by atoms with Crippen molar-refractivity contribution in [3.05, 3.63) is 24.0 Å². The first kappa shape index (κ1) is 9.33. The van der Waals surface area contributed by atoms with E-state index in [0.29, 0.717) is 6.54 Å². The van der Waals surface area contributed by atoms with Crippen LogP contribution in [0.5, 0.6) is 0 Å². The Bertz CT molecular complexity index is 178. The predicted octanol–water partition coefficient (Wildman–Crippen LogP) is 1.97. The van der Waals surface area contributed by atoms with Crippen molar-refractivity contribution in [3.8, 4) is 0 Å². The lowest BCUT2D eigenvalue weighted by molar-refractivity contribution is 0.164. The Morgan fingerprint density at radius 3 is 3.08 bits per heavy atom. The van der Waals surface area contributed by atoms with E-state index in [9.17, 15) is 0 Å². The van der Waals surface area contributed by atoms with Crippen molar-refractivity contribution in [2.45, 2.75) is 32.3 Å². The van der Waals surface area contributed by atoms with E-state index in [1.807, 2.05) is 0 Å². The van der Waals surface area contributed by atoms with Crippen LogP contribution in [0.25, 0.3) is 0 Å². The maximum absolute atomic E-state index is 5.56. The van der Waals surface area contributed by atoms with E-state index in [1.54, 1.807) is 6.26 Å². The number of hydrogen-bond donors (Lipinski definition) is 1. The Morgan fingerprint density at radius 1 is 1.75 bits per heavy atom. The summed E-state index contributed by atoms with van der Waals surface area (Å²) < 4.78 is 5.40. The molecule has 0 aromatic carbocycles. The molecule has 1 rings (SSSR count). The SMILES string of the molecule is CC/C(=C\C1CCC=CO1)CN. The maximum Gasteiger partial charge on any atom is 0.117 e. The van der Waals surface area contributed by atoms with Gasteiger partial charge < -0.3 is 10.5 Å². The Hall–Kier alpha value is -0.760. The summed E-state index contributed by atoms with van der Waals surface area (Å²) in [6.07, 6.45) is 9.48. The van der Waals surface area contributed by atoms with Gasteiger partial charge in [0.2, 0.25) is 0 Å². The molecular weight excluding hydrogens is 150 g/mol.